The predicted molar refractivity (Wildman–Crippen MR) is 105 cm³/mol. The maximum absolute atomic E-state index is 12.3. The lowest BCUT2D eigenvalue weighted by Crippen LogP contribution is -2.25. The average molecular weight is 369 g/mol. The van der Waals surface area contributed by atoms with Gasteiger partial charge in [-0.25, -0.2) is 4.79 Å². The van der Waals surface area contributed by atoms with Gasteiger partial charge in [0.1, 0.15) is 11.5 Å². The fraction of sp³-hybridized carbons (Fsp3) is 0.300. The molecule has 0 aromatic heterocycles. The summed E-state index contributed by atoms with van der Waals surface area (Å²) in [4.78, 5) is 26.0. The van der Waals surface area contributed by atoms with Crippen molar-refractivity contribution < 1.29 is 19.1 Å². The molecule has 0 aliphatic carbocycles. The molecule has 0 bridgehead atoms. The summed E-state index contributed by atoms with van der Waals surface area (Å²) in [7, 11) is 1.56. The van der Waals surface area contributed by atoms with Gasteiger partial charge in [-0.15, -0.1) is 0 Å². The van der Waals surface area contributed by atoms with Gasteiger partial charge in [0.25, 0.3) is 0 Å². The number of nitrogens with zero attached hydrogens (tertiary/aromatic N) is 1. The molecule has 0 spiro atoms. The topological polar surface area (TPSA) is 79.9 Å². The predicted octanol–water partition coefficient (Wildman–Crippen LogP) is 3.86. The first-order valence-electron chi connectivity index (χ1n) is 8.90. The minimum atomic E-state index is -0.372. The third-order valence-corrected chi connectivity index (χ3v) is 4.22. The molecule has 7 heteroatoms. The van der Waals surface area contributed by atoms with Crippen molar-refractivity contribution in [2.24, 2.45) is 0 Å². The highest BCUT2D eigenvalue weighted by atomic mass is 16.5. The number of carbonyl (C=O) groups excluding carboxylic acids is 2. The van der Waals surface area contributed by atoms with Crippen LogP contribution in [0.5, 0.6) is 11.5 Å². The van der Waals surface area contributed by atoms with Crippen LogP contribution in [-0.4, -0.2) is 32.2 Å². The van der Waals surface area contributed by atoms with Crippen LogP contribution in [0.25, 0.3) is 0 Å². The average Bonchev–Trinajstić information content (AvgIpc) is 3.09. The van der Waals surface area contributed by atoms with Crippen LogP contribution >= 0.6 is 0 Å². The number of urea groups is 1. The molecule has 2 aromatic rings. The molecule has 27 heavy (non-hydrogen) atoms. The Hall–Kier alpha value is -3.22. The molecule has 2 N–H and O–H groups in total. The Morgan fingerprint density at radius 2 is 1.81 bits per heavy atom. The Kier molecular flexibility index (Phi) is 5.80. The minimum Gasteiger partial charge on any atom is -0.495 e. The van der Waals surface area contributed by atoms with E-state index < -0.39 is 0 Å². The van der Waals surface area contributed by atoms with Crippen LogP contribution in [0.2, 0.25) is 0 Å². The van der Waals surface area contributed by atoms with E-state index in [1.54, 1.807) is 54.5 Å². The normalized spacial score (nSPS) is 13.4. The van der Waals surface area contributed by atoms with Gasteiger partial charge in [-0.3, -0.25) is 4.79 Å². The maximum atomic E-state index is 12.3. The van der Waals surface area contributed by atoms with Gasteiger partial charge in [-0.05, 0) is 55.8 Å². The number of anilines is 3. The second-order valence-corrected chi connectivity index (χ2v) is 6.07. The van der Waals surface area contributed by atoms with Crippen LogP contribution in [0.3, 0.4) is 0 Å². The molecule has 2 aromatic carbocycles. The zero-order valence-corrected chi connectivity index (χ0v) is 15.5. The van der Waals surface area contributed by atoms with Crippen molar-refractivity contribution in [2.75, 3.05) is 35.8 Å². The van der Waals surface area contributed by atoms with Gasteiger partial charge in [0.2, 0.25) is 5.91 Å². The Morgan fingerprint density at radius 1 is 1.11 bits per heavy atom. The summed E-state index contributed by atoms with van der Waals surface area (Å²) >= 11 is 0. The van der Waals surface area contributed by atoms with Crippen LogP contribution in [-0.2, 0) is 4.79 Å². The SMILES string of the molecule is CCOc1ccc(NC(=O)Nc2ccc(OC)c(N3CCCC3=O)c2)cc1. The van der Waals surface area contributed by atoms with Gasteiger partial charge in [0.15, 0.2) is 0 Å². The van der Waals surface area contributed by atoms with E-state index in [9.17, 15) is 9.59 Å². The Morgan fingerprint density at radius 3 is 2.44 bits per heavy atom. The molecule has 0 unspecified atom stereocenters. The van der Waals surface area contributed by atoms with E-state index in [1.807, 2.05) is 6.92 Å². The number of ether oxygens (including phenoxy) is 2. The molecule has 1 saturated heterocycles. The summed E-state index contributed by atoms with van der Waals surface area (Å²) in [6.07, 6.45) is 1.34. The van der Waals surface area contributed by atoms with Crippen LogP contribution in [0.4, 0.5) is 21.9 Å². The fourth-order valence-electron chi connectivity index (χ4n) is 2.98. The molecule has 1 aliphatic heterocycles. The summed E-state index contributed by atoms with van der Waals surface area (Å²) in [6.45, 7) is 3.15. The highest BCUT2D eigenvalue weighted by Crippen LogP contribution is 2.34. The summed E-state index contributed by atoms with van der Waals surface area (Å²) in [6, 6.07) is 12.0. The molecular formula is C20H23N3O4. The molecule has 3 rings (SSSR count). The van der Waals surface area contributed by atoms with Crippen LogP contribution in [0, 0.1) is 0 Å². The summed E-state index contributed by atoms with van der Waals surface area (Å²) in [5, 5.41) is 5.55. The largest absolute Gasteiger partial charge is 0.495 e. The van der Waals surface area contributed by atoms with Crippen molar-refractivity contribution in [1.29, 1.82) is 0 Å². The van der Waals surface area contributed by atoms with E-state index in [0.717, 1.165) is 12.2 Å². The monoisotopic (exact) mass is 369 g/mol. The molecule has 1 fully saturated rings. The van der Waals surface area contributed by atoms with Gasteiger partial charge >= 0.3 is 6.03 Å². The molecule has 0 saturated carbocycles. The molecule has 0 atom stereocenters. The first-order chi connectivity index (χ1) is 13.1. The number of nitrogens with one attached hydrogen (secondary N) is 2. The third kappa shape index (κ3) is 4.49. The quantitative estimate of drug-likeness (QED) is 0.810. The lowest BCUT2D eigenvalue weighted by atomic mass is 10.2. The summed E-state index contributed by atoms with van der Waals surface area (Å²) < 4.78 is 10.7. The molecule has 1 heterocycles. The van der Waals surface area contributed by atoms with E-state index in [2.05, 4.69) is 10.6 Å². The van der Waals surface area contributed by atoms with Crippen molar-refractivity contribution in [3.05, 3.63) is 42.5 Å². The van der Waals surface area contributed by atoms with E-state index in [0.29, 0.717) is 42.4 Å². The summed E-state index contributed by atoms with van der Waals surface area (Å²) in [5.74, 6) is 1.41. The zero-order chi connectivity index (χ0) is 19.2. The molecule has 3 amide bonds. The number of methoxy groups -OCH3 is 1. The second kappa shape index (κ2) is 8.44. The van der Waals surface area contributed by atoms with Gasteiger partial charge in [0.05, 0.1) is 19.4 Å². The minimum absolute atomic E-state index is 0.0595. The van der Waals surface area contributed by atoms with Crippen molar-refractivity contribution in [1.82, 2.24) is 0 Å². The lowest BCUT2D eigenvalue weighted by molar-refractivity contribution is -0.117. The number of rotatable bonds is 6. The van der Waals surface area contributed by atoms with Crippen molar-refractivity contribution in [2.45, 2.75) is 19.8 Å². The number of amides is 3. The lowest BCUT2D eigenvalue weighted by Gasteiger charge is -2.20. The van der Waals surface area contributed by atoms with Crippen LogP contribution in [0.1, 0.15) is 19.8 Å². The number of hydrogen-bond donors (Lipinski definition) is 2. The molecule has 7 nitrogen and oxygen atoms in total. The zero-order valence-electron chi connectivity index (χ0n) is 15.5. The maximum Gasteiger partial charge on any atom is 0.323 e. The first-order valence-corrected chi connectivity index (χ1v) is 8.90. The van der Waals surface area contributed by atoms with E-state index in [1.165, 1.54) is 0 Å². The molecule has 1 aliphatic rings. The van der Waals surface area contributed by atoms with Gasteiger partial charge in [-0.1, -0.05) is 0 Å². The van der Waals surface area contributed by atoms with E-state index in [4.69, 9.17) is 9.47 Å². The molecule has 142 valence electrons. The van der Waals surface area contributed by atoms with Crippen molar-refractivity contribution in [3.63, 3.8) is 0 Å². The Bertz CT molecular complexity index is 820. The number of hydrogen-bond acceptors (Lipinski definition) is 4. The Balaban J connectivity index is 1.69. The smallest absolute Gasteiger partial charge is 0.323 e. The standard InChI is InChI=1S/C20H23N3O4/c1-3-27-16-9-6-14(7-10-16)21-20(25)22-15-8-11-18(26-2)17(13-15)23-12-4-5-19(23)24/h6-11,13H,3-5,12H2,1-2H3,(H2,21,22,25). The van der Waals surface area contributed by atoms with Crippen LogP contribution < -0.4 is 25.0 Å². The van der Waals surface area contributed by atoms with Gasteiger partial charge in [-0.2, -0.15) is 0 Å². The van der Waals surface area contributed by atoms with Crippen molar-refractivity contribution >= 4 is 29.0 Å². The van der Waals surface area contributed by atoms with Crippen LogP contribution in [0.15, 0.2) is 42.5 Å². The third-order valence-electron chi connectivity index (χ3n) is 4.22. The van der Waals surface area contributed by atoms with E-state index >= 15 is 0 Å². The fourth-order valence-corrected chi connectivity index (χ4v) is 2.98. The first kappa shape index (κ1) is 18.6. The number of benzene rings is 2. The number of carbonyl (C=O) groups is 2. The van der Waals surface area contributed by atoms with Gasteiger partial charge in [0, 0.05) is 24.3 Å². The van der Waals surface area contributed by atoms with E-state index in [-0.39, 0.29) is 11.9 Å². The molecular weight excluding hydrogens is 346 g/mol. The van der Waals surface area contributed by atoms with Crippen molar-refractivity contribution in [3.8, 4) is 11.5 Å². The van der Waals surface area contributed by atoms with Gasteiger partial charge < -0.3 is 25.0 Å². The second-order valence-electron chi connectivity index (χ2n) is 6.07. The highest BCUT2D eigenvalue weighted by molar-refractivity contribution is 6.01. The Labute approximate surface area is 158 Å². The summed E-state index contributed by atoms with van der Waals surface area (Å²) in [5.41, 5.74) is 1.90. The highest BCUT2D eigenvalue weighted by Gasteiger charge is 2.24. The molecule has 0 radical (unpaired) electrons.